The normalized spacial score (nSPS) is 9.43. The van der Waals surface area contributed by atoms with E-state index in [-0.39, 0.29) is 13.3 Å². The van der Waals surface area contributed by atoms with Gasteiger partial charge >= 0.3 is 0 Å². The van der Waals surface area contributed by atoms with E-state index in [0.717, 1.165) is 0 Å². The number of halogens is 1. The van der Waals surface area contributed by atoms with E-state index in [1.165, 1.54) is 11.8 Å². The predicted molar refractivity (Wildman–Crippen MR) is 28.9 cm³/mol. The van der Waals surface area contributed by atoms with Crippen LogP contribution in [-0.2, 0) is 5.11 Å². The molecule has 0 unspecified atom stereocenters. The van der Waals surface area contributed by atoms with Gasteiger partial charge in [-0.15, -0.1) is 0 Å². The molecule has 1 nitrogen and oxygen atoms in total. The van der Waals surface area contributed by atoms with Crippen LogP contribution < -0.4 is 0 Å². The molecule has 3 heteroatoms. The topological polar surface area (TPSA) is 19.9 Å². The highest BCUT2D eigenvalue weighted by Crippen LogP contribution is 1.96. The number of hydrogen-bond acceptors (Lipinski definition) is 1. The minimum atomic E-state index is -0.315. The van der Waals surface area contributed by atoms with Crippen molar-refractivity contribution < 1.29 is 9.50 Å². The lowest BCUT2D eigenvalue weighted by Crippen LogP contribution is -1.87. The largest absolute Gasteiger partial charge is 0.250 e. The molecule has 0 rings (SSSR count). The summed E-state index contributed by atoms with van der Waals surface area (Å²) in [6, 6.07) is 0. The summed E-state index contributed by atoms with van der Waals surface area (Å²) in [5, 5.41) is 9.66. The fraction of sp³-hybridized carbons (Fsp3) is 1.00. The Morgan fingerprint density at radius 2 is 2.14 bits per heavy atom. The molecule has 7 heavy (non-hydrogen) atoms. The molecule has 0 amide bonds. The van der Waals surface area contributed by atoms with Crippen molar-refractivity contribution in [3.05, 3.63) is 0 Å². The molecule has 0 N–H and O–H groups in total. The molecule has 0 aromatic carbocycles. The van der Waals surface area contributed by atoms with Gasteiger partial charge in [-0.2, -0.15) is 11.8 Å². The molecule has 0 saturated heterocycles. The van der Waals surface area contributed by atoms with Crippen molar-refractivity contribution >= 4 is 11.8 Å². The van der Waals surface area contributed by atoms with Crippen molar-refractivity contribution in [3.8, 4) is 0 Å². The van der Waals surface area contributed by atoms with Crippen LogP contribution in [0.4, 0.5) is 4.39 Å². The van der Waals surface area contributed by atoms with E-state index in [0.29, 0.717) is 11.5 Å². The maximum Gasteiger partial charge on any atom is 0.0984 e. The minimum Gasteiger partial charge on any atom is -0.250 e. The Kier molecular flexibility index (Phi) is 6.45. The SMILES string of the molecule is [O]CCSCCF. The third-order valence-electron chi connectivity index (χ3n) is 0.449. The van der Waals surface area contributed by atoms with Crippen molar-refractivity contribution in [3.63, 3.8) is 0 Å². The molecule has 1 radical (unpaired) electrons. The smallest absolute Gasteiger partial charge is 0.0984 e. The van der Waals surface area contributed by atoms with Crippen LogP contribution in [0, 0.1) is 0 Å². The first-order valence-electron chi connectivity index (χ1n) is 2.13. The van der Waals surface area contributed by atoms with Crippen LogP contribution in [0.3, 0.4) is 0 Å². The van der Waals surface area contributed by atoms with E-state index in [1.54, 1.807) is 0 Å². The van der Waals surface area contributed by atoms with E-state index in [2.05, 4.69) is 0 Å². The van der Waals surface area contributed by atoms with Gasteiger partial charge < -0.3 is 0 Å². The van der Waals surface area contributed by atoms with Crippen LogP contribution in [0.5, 0.6) is 0 Å². The molecular weight excluding hydrogens is 115 g/mol. The summed E-state index contributed by atoms with van der Waals surface area (Å²) in [5.74, 6) is 1.02. The van der Waals surface area contributed by atoms with Gasteiger partial charge in [0.25, 0.3) is 0 Å². The molecule has 0 aliphatic carbocycles. The molecular formula is C4H8FOS. The third kappa shape index (κ3) is 6.24. The Labute approximate surface area is 46.9 Å². The van der Waals surface area contributed by atoms with Crippen LogP contribution in [0.1, 0.15) is 0 Å². The average molecular weight is 123 g/mol. The summed E-state index contributed by atoms with van der Waals surface area (Å²) >= 11 is 1.37. The fourth-order valence-electron chi connectivity index (χ4n) is 0.216. The summed E-state index contributed by atoms with van der Waals surface area (Å²) in [5.41, 5.74) is 0. The summed E-state index contributed by atoms with van der Waals surface area (Å²) in [4.78, 5) is 0. The van der Waals surface area contributed by atoms with Crippen molar-refractivity contribution in [2.75, 3.05) is 24.8 Å². The highest BCUT2D eigenvalue weighted by atomic mass is 32.2. The zero-order valence-electron chi connectivity index (χ0n) is 4.02. The van der Waals surface area contributed by atoms with Crippen molar-refractivity contribution in [2.24, 2.45) is 0 Å². The molecule has 0 saturated carbocycles. The fourth-order valence-corrected chi connectivity index (χ4v) is 0.647. The molecule has 0 bridgehead atoms. The summed E-state index contributed by atoms with van der Waals surface area (Å²) < 4.78 is 11.2. The van der Waals surface area contributed by atoms with E-state index >= 15 is 0 Å². The third-order valence-corrected chi connectivity index (χ3v) is 1.35. The average Bonchev–Trinajstić information content (AvgIpc) is 1.69. The maximum atomic E-state index is 11.2. The van der Waals surface area contributed by atoms with Gasteiger partial charge in [0.2, 0.25) is 0 Å². The van der Waals surface area contributed by atoms with Crippen LogP contribution in [-0.4, -0.2) is 24.8 Å². The van der Waals surface area contributed by atoms with Crippen molar-refractivity contribution in [1.29, 1.82) is 0 Å². The van der Waals surface area contributed by atoms with E-state index < -0.39 is 0 Å². The highest BCUT2D eigenvalue weighted by molar-refractivity contribution is 7.99. The maximum absolute atomic E-state index is 11.2. The number of thioether (sulfide) groups is 1. The van der Waals surface area contributed by atoms with Gasteiger partial charge in [-0.05, 0) is 0 Å². The first-order chi connectivity index (χ1) is 3.41. The number of rotatable bonds is 4. The Morgan fingerprint density at radius 3 is 2.57 bits per heavy atom. The number of hydrogen-bond donors (Lipinski definition) is 0. The predicted octanol–water partition coefficient (Wildman–Crippen LogP) is 1.12. The second-order valence-electron chi connectivity index (χ2n) is 1.01. The Hall–Kier alpha value is 0.240. The van der Waals surface area contributed by atoms with Gasteiger partial charge in [-0.25, -0.2) is 5.11 Å². The van der Waals surface area contributed by atoms with Crippen LogP contribution in [0.25, 0.3) is 0 Å². The first-order valence-corrected chi connectivity index (χ1v) is 3.29. The zero-order valence-corrected chi connectivity index (χ0v) is 4.84. The summed E-state index contributed by atoms with van der Waals surface area (Å²) in [6.07, 6.45) is 0. The lowest BCUT2D eigenvalue weighted by molar-refractivity contribution is 0.215. The van der Waals surface area contributed by atoms with E-state index in [9.17, 15) is 9.50 Å². The molecule has 0 spiro atoms. The van der Waals surface area contributed by atoms with Gasteiger partial charge in [-0.1, -0.05) is 0 Å². The summed E-state index contributed by atoms with van der Waals surface area (Å²) in [7, 11) is 0. The molecule has 43 valence electrons. The molecule has 0 atom stereocenters. The quantitative estimate of drug-likeness (QED) is 0.513. The van der Waals surface area contributed by atoms with E-state index in [1.807, 2.05) is 0 Å². The van der Waals surface area contributed by atoms with Gasteiger partial charge in [0.1, 0.15) is 0 Å². The van der Waals surface area contributed by atoms with E-state index in [4.69, 9.17) is 0 Å². The molecule has 0 aliphatic rings. The first kappa shape index (κ1) is 7.24. The Bertz CT molecular complexity index is 30.9. The second kappa shape index (κ2) is 6.24. The van der Waals surface area contributed by atoms with Crippen molar-refractivity contribution in [1.82, 2.24) is 0 Å². The van der Waals surface area contributed by atoms with Crippen LogP contribution in [0.2, 0.25) is 0 Å². The lowest BCUT2D eigenvalue weighted by atomic mass is 10.9. The monoisotopic (exact) mass is 123 g/mol. The molecule has 0 aromatic heterocycles. The second-order valence-corrected chi connectivity index (χ2v) is 2.23. The zero-order chi connectivity index (χ0) is 5.54. The molecule has 0 fully saturated rings. The molecule has 0 aliphatic heterocycles. The van der Waals surface area contributed by atoms with Gasteiger partial charge in [-0.3, -0.25) is 4.39 Å². The van der Waals surface area contributed by atoms with Gasteiger partial charge in [0.05, 0.1) is 13.3 Å². The summed E-state index contributed by atoms with van der Waals surface area (Å²) in [6.45, 7) is -0.407. The lowest BCUT2D eigenvalue weighted by Gasteiger charge is -1.88. The van der Waals surface area contributed by atoms with Gasteiger partial charge in [0, 0.05) is 11.5 Å². The minimum absolute atomic E-state index is 0.0926. The highest BCUT2D eigenvalue weighted by Gasteiger charge is 1.83. The Morgan fingerprint density at radius 1 is 1.43 bits per heavy atom. The molecule has 0 aromatic rings. The Balaban J connectivity index is 2.45. The van der Waals surface area contributed by atoms with Crippen LogP contribution >= 0.6 is 11.8 Å². The van der Waals surface area contributed by atoms with Gasteiger partial charge in [0.15, 0.2) is 0 Å². The van der Waals surface area contributed by atoms with Crippen LogP contribution in [0.15, 0.2) is 0 Å². The number of alkyl halides is 1. The molecule has 0 heterocycles. The van der Waals surface area contributed by atoms with Crippen molar-refractivity contribution in [2.45, 2.75) is 0 Å². The standard InChI is InChI=1S/C4H8FOS/c5-1-3-7-4-2-6/h1-4H2.